The lowest BCUT2D eigenvalue weighted by Gasteiger charge is -2.18. The molecule has 0 aliphatic rings. The molecule has 0 saturated heterocycles. The van der Waals surface area contributed by atoms with Crippen molar-refractivity contribution in [3.63, 3.8) is 0 Å². The first-order valence-corrected chi connectivity index (χ1v) is 7.08. The summed E-state index contributed by atoms with van der Waals surface area (Å²) >= 11 is 0. The average molecular weight is 278 g/mol. The molecule has 0 bridgehead atoms. The van der Waals surface area contributed by atoms with Crippen LogP contribution >= 0.6 is 0 Å². The fourth-order valence-electron chi connectivity index (χ4n) is 1.53. The molecule has 4 heteroatoms. The maximum absolute atomic E-state index is 11.9. The summed E-state index contributed by atoms with van der Waals surface area (Å²) in [4.78, 5) is 11.9. The minimum Gasteiger partial charge on any atom is -0.494 e. The van der Waals surface area contributed by atoms with Crippen LogP contribution in [0.1, 0.15) is 44.5 Å². The van der Waals surface area contributed by atoms with Crippen LogP contribution in [-0.4, -0.2) is 24.6 Å². The number of benzene rings is 1. The van der Waals surface area contributed by atoms with E-state index < -0.39 is 5.54 Å². The van der Waals surface area contributed by atoms with E-state index >= 15 is 0 Å². The Morgan fingerprint density at radius 2 is 1.90 bits per heavy atom. The van der Waals surface area contributed by atoms with Gasteiger partial charge in [0.1, 0.15) is 5.75 Å². The number of carbonyl (C=O) groups is 1. The molecule has 1 aromatic rings. The number of ether oxygens (including phenoxy) is 1. The van der Waals surface area contributed by atoms with E-state index in [1.165, 1.54) is 0 Å². The predicted octanol–water partition coefficient (Wildman–Crippen LogP) is 2.58. The second kappa shape index (κ2) is 7.29. The highest BCUT2D eigenvalue weighted by Gasteiger charge is 2.13. The van der Waals surface area contributed by atoms with E-state index in [4.69, 9.17) is 10.5 Å². The maximum Gasteiger partial charge on any atom is 0.251 e. The van der Waals surface area contributed by atoms with E-state index in [1.807, 2.05) is 26.0 Å². The van der Waals surface area contributed by atoms with Crippen molar-refractivity contribution in [3.05, 3.63) is 29.8 Å². The van der Waals surface area contributed by atoms with Gasteiger partial charge in [-0.2, -0.15) is 0 Å². The minimum atomic E-state index is -0.407. The van der Waals surface area contributed by atoms with Gasteiger partial charge in [-0.15, -0.1) is 0 Å². The summed E-state index contributed by atoms with van der Waals surface area (Å²) in [5, 5.41) is 2.81. The van der Waals surface area contributed by atoms with Crippen molar-refractivity contribution in [2.75, 3.05) is 13.2 Å². The smallest absolute Gasteiger partial charge is 0.251 e. The molecule has 4 nitrogen and oxygen atoms in total. The topological polar surface area (TPSA) is 64.3 Å². The average Bonchev–Trinajstić information content (AvgIpc) is 2.35. The van der Waals surface area contributed by atoms with Gasteiger partial charge in [0.2, 0.25) is 0 Å². The quantitative estimate of drug-likeness (QED) is 0.805. The Kier molecular flexibility index (Phi) is 6.02. The van der Waals surface area contributed by atoms with Crippen molar-refractivity contribution in [2.45, 2.75) is 39.7 Å². The molecule has 0 atom stereocenters. The van der Waals surface area contributed by atoms with Gasteiger partial charge in [-0.1, -0.05) is 13.8 Å². The molecule has 0 spiro atoms. The van der Waals surface area contributed by atoms with Gasteiger partial charge in [-0.3, -0.25) is 4.79 Å². The zero-order chi connectivity index (χ0) is 15.2. The molecule has 0 heterocycles. The highest BCUT2D eigenvalue weighted by atomic mass is 16.5. The van der Waals surface area contributed by atoms with E-state index in [9.17, 15) is 4.79 Å². The summed E-state index contributed by atoms with van der Waals surface area (Å²) < 4.78 is 5.61. The van der Waals surface area contributed by atoms with E-state index in [-0.39, 0.29) is 5.91 Å². The fourth-order valence-corrected chi connectivity index (χ4v) is 1.53. The Bertz CT molecular complexity index is 419. The molecular formula is C16H26N2O2. The van der Waals surface area contributed by atoms with E-state index in [0.717, 1.165) is 12.2 Å². The molecule has 3 N–H and O–H groups in total. The summed E-state index contributed by atoms with van der Waals surface area (Å²) in [6.45, 7) is 9.21. The summed E-state index contributed by atoms with van der Waals surface area (Å²) in [5.74, 6) is 1.30. The van der Waals surface area contributed by atoms with Crippen molar-refractivity contribution in [1.29, 1.82) is 0 Å². The molecule has 112 valence electrons. The molecule has 0 aromatic heterocycles. The zero-order valence-corrected chi connectivity index (χ0v) is 12.9. The van der Waals surface area contributed by atoms with Gasteiger partial charge >= 0.3 is 0 Å². The van der Waals surface area contributed by atoms with E-state index in [0.29, 0.717) is 24.6 Å². The van der Waals surface area contributed by atoms with Crippen LogP contribution in [0.5, 0.6) is 5.75 Å². The Balaban J connectivity index is 2.47. The highest BCUT2D eigenvalue weighted by molar-refractivity contribution is 5.94. The van der Waals surface area contributed by atoms with Gasteiger partial charge in [-0.05, 0) is 50.5 Å². The molecule has 1 amide bonds. The molecule has 0 aliphatic carbocycles. The molecule has 0 fully saturated rings. The summed E-state index contributed by atoms with van der Waals surface area (Å²) in [6.07, 6.45) is 1.02. The minimum absolute atomic E-state index is 0.114. The zero-order valence-electron chi connectivity index (χ0n) is 12.9. The molecule has 0 saturated carbocycles. The fraction of sp³-hybridized carbons (Fsp3) is 0.562. The number of carbonyl (C=O) groups excluding carboxylic acids is 1. The van der Waals surface area contributed by atoms with Crippen LogP contribution in [0.2, 0.25) is 0 Å². The normalized spacial score (nSPS) is 11.5. The second-order valence-electron chi connectivity index (χ2n) is 6.23. The van der Waals surface area contributed by atoms with Crippen LogP contribution < -0.4 is 15.8 Å². The van der Waals surface area contributed by atoms with Crippen molar-refractivity contribution in [1.82, 2.24) is 5.32 Å². The van der Waals surface area contributed by atoms with Crippen LogP contribution in [0, 0.1) is 5.92 Å². The predicted molar refractivity (Wildman–Crippen MR) is 82.0 cm³/mol. The number of hydrogen-bond donors (Lipinski definition) is 2. The third-order valence-corrected chi connectivity index (χ3v) is 2.78. The lowest BCUT2D eigenvalue weighted by atomic mass is 10.1. The van der Waals surface area contributed by atoms with E-state index in [2.05, 4.69) is 19.2 Å². The maximum atomic E-state index is 11.9. The third kappa shape index (κ3) is 6.57. The van der Waals surface area contributed by atoms with Gasteiger partial charge < -0.3 is 15.8 Å². The van der Waals surface area contributed by atoms with Gasteiger partial charge in [-0.25, -0.2) is 0 Å². The first-order valence-electron chi connectivity index (χ1n) is 7.08. The van der Waals surface area contributed by atoms with Crippen molar-refractivity contribution < 1.29 is 9.53 Å². The number of rotatable bonds is 7. The van der Waals surface area contributed by atoms with Crippen molar-refractivity contribution >= 4 is 5.91 Å². The Hall–Kier alpha value is -1.55. The number of hydrogen-bond acceptors (Lipinski definition) is 3. The van der Waals surface area contributed by atoms with Gasteiger partial charge in [0.25, 0.3) is 5.91 Å². The molecule has 1 aromatic carbocycles. The van der Waals surface area contributed by atoms with Crippen LogP contribution in [0.15, 0.2) is 24.3 Å². The Morgan fingerprint density at radius 3 is 2.40 bits per heavy atom. The van der Waals surface area contributed by atoms with E-state index in [1.54, 1.807) is 12.1 Å². The Labute approximate surface area is 121 Å². The molecular weight excluding hydrogens is 252 g/mol. The number of nitrogens with two attached hydrogens (primary N) is 1. The largest absolute Gasteiger partial charge is 0.494 e. The van der Waals surface area contributed by atoms with Gasteiger partial charge in [0, 0.05) is 17.6 Å². The SMILES string of the molecule is CC(C)CCOc1ccc(C(=O)NCC(C)(C)N)cc1. The summed E-state index contributed by atoms with van der Waals surface area (Å²) in [6, 6.07) is 7.18. The van der Waals surface area contributed by atoms with Crippen LogP contribution in [0.3, 0.4) is 0 Å². The second-order valence-corrected chi connectivity index (χ2v) is 6.23. The number of amides is 1. The van der Waals surface area contributed by atoms with Crippen molar-refractivity contribution in [2.24, 2.45) is 11.7 Å². The summed E-state index contributed by atoms with van der Waals surface area (Å²) in [7, 11) is 0. The Morgan fingerprint density at radius 1 is 1.30 bits per heavy atom. The molecule has 0 aliphatic heterocycles. The number of nitrogens with one attached hydrogen (secondary N) is 1. The third-order valence-electron chi connectivity index (χ3n) is 2.78. The lowest BCUT2D eigenvalue weighted by molar-refractivity contribution is 0.0946. The van der Waals surface area contributed by atoms with Crippen LogP contribution in [0.4, 0.5) is 0 Å². The lowest BCUT2D eigenvalue weighted by Crippen LogP contribution is -2.45. The molecule has 0 radical (unpaired) electrons. The molecule has 0 unspecified atom stereocenters. The highest BCUT2D eigenvalue weighted by Crippen LogP contribution is 2.13. The van der Waals surface area contributed by atoms with Gasteiger partial charge in [0.05, 0.1) is 6.61 Å². The standard InChI is InChI=1S/C16H26N2O2/c1-12(2)9-10-20-14-7-5-13(6-8-14)15(19)18-11-16(3,4)17/h5-8,12H,9-11,17H2,1-4H3,(H,18,19). The van der Waals surface area contributed by atoms with Crippen LogP contribution in [0.25, 0.3) is 0 Å². The first-order chi connectivity index (χ1) is 9.28. The van der Waals surface area contributed by atoms with Crippen molar-refractivity contribution in [3.8, 4) is 5.75 Å². The first kappa shape index (κ1) is 16.5. The van der Waals surface area contributed by atoms with Gasteiger partial charge in [0.15, 0.2) is 0 Å². The van der Waals surface area contributed by atoms with Crippen LogP contribution in [-0.2, 0) is 0 Å². The molecule has 20 heavy (non-hydrogen) atoms. The molecule has 1 rings (SSSR count). The summed E-state index contributed by atoms with van der Waals surface area (Å²) in [5.41, 5.74) is 6.04. The monoisotopic (exact) mass is 278 g/mol.